The summed E-state index contributed by atoms with van der Waals surface area (Å²) in [4.78, 5) is 7.62. The quantitative estimate of drug-likeness (QED) is 0.428. The summed E-state index contributed by atoms with van der Waals surface area (Å²) in [7, 11) is 0. The van der Waals surface area contributed by atoms with Gasteiger partial charge in [0, 0.05) is 0 Å². The molecule has 0 amide bonds. The van der Waals surface area contributed by atoms with Crippen molar-refractivity contribution in [3.63, 3.8) is 0 Å². The maximum absolute atomic E-state index is 4.69. The minimum absolute atomic E-state index is 0. The molecule has 2 heterocycles. The Kier molecular flexibility index (Phi) is 8.72. The van der Waals surface area contributed by atoms with Gasteiger partial charge in [-0.1, -0.05) is 10.8 Å². The van der Waals surface area contributed by atoms with Crippen molar-refractivity contribution in [1.29, 1.82) is 0 Å². The molecule has 0 spiro atoms. The largest absolute Gasteiger partial charge is 2.00 e. The summed E-state index contributed by atoms with van der Waals surface area (Å²) in [6.45, 7) is 0. The fraction of sp³-hybridized carbons (Fsp3) is 0. The van der Waals surface area contributed by atoms with E-state index in [1.54, 1.807) is 0 Å². The van der Waals surface area contributed by atoms with Crippen LogP contribution in [0.2, 0.25) is 0 Å². The Labute approximate surface area is 131 Å². The molecular formula is C6H4N2S6Zn. The first kappa shape index (κ1) is 16.0. The molecule has 0 aromatic carbocycles. The molecule has 0 atom stereocenters. The summed E-state index contributed by atoms with van der Waals surface area (Å²) in [6, 6.07) is 0. The van der Waals surface area contributed by atoms with Gasteiger partial charge in [0.1, 0.15) is 0 Å². The predicted octanol–water partition coefficient (Wildman–Crippen LogP) is 2.67. The van der Waals surface area contributed by atoms with E-state index in [9.17, 15) is 0 Å². The van der Waals surface area contributed by atoms with Crippen LogP contribution in [0.4, 0.5) is 0 Å². The second-order valence-corrected chi connectivity index (χ2v) is 5.87. The van der Waals surface area contributed by atoms with E-state index in [1.807, 2.05) is 10.8 Å². The Balaban J connectivity index is 0.000000245. The third kappa shape index (κ3) is 7.04. The van der Waals surface area contributed by atoms with Crippen LogP contribution in [0, 0.1) is 0 Å². The van der Waals surface area contributed by atoms with E-state index in [4.69, 9.17) is 25.3 Å². The molecule has 0 N–H and O–H groups in total. The van der Waals surface area contributed by atoms with Crippen LogP contribution >= 0.6 is 47.9 Å². The average Bonchev–Trinajstić information content (AvgIpc) is 2.63. The number of hydrogen-bond donors (Lipinski definition) is 2. The number of hydrogen-bond acceptors (Lipinski definition) is 8. The molecule has 0 aliphatic rings. The minimum atomic E-state index is 0. The van der Waals surface area contributed by atoms with Crippen LogP contribution in [0.15, 0.2) is 29.5 Å². The maximum atomic E-state index is 4.69. The Morgan fingerprint density at radius 1 is 0.933 bits per heavy atom. The fourth-order valence-corrected chi connectivity index (χ4v) is 2.59. The number of thiazole rings is 2. The number of rotatable bonds is 0. The molecule has 0 aliphatic carbocycles. The summed E-state index contributed by atoms with van der Waals surface area (Å²) in [5.41, 5.74) is 0. The molecule has 15 heavy (non-hydrogen) atoms. The van der Waals surface area contributed by atoms with Gasteiger partial charge in [0.2, 0.25) is 0 Å². The molecule has 9 heteroatoms. The number of aromatic nitrogens is 2. The molecule has 0 saturated heterocycles. The van der Waals surface area contributed by atoms with Crippen molar-refractivity contribution < 1.29 is 19.5 Å². The van der Waals surface area contributed by atoms with E-state index in [2.05, 4.69) is 35.2 Å². The SMILES string of the molecule is [S-]c1nc(S)cs1.[S-]c1nc(S)cs1.[Zn+2]. The molecule has 0 bridgehead atoms. The molecule has 2 rings (SSSR count). The Bertz CT molecular complexity index is 328. The van der Waals surface area contributed by atoms with E-state index in [1.165, 1.54) is 22.7 Å². The monoisotopic (exact) mass is 360 g/mol. The van der Waals surface area contributed by atoms with Gasteiger partial charge in [0.25, 0.3) is 0 Å². The van der Waals surface area contributed by atoms with Crippen LogP contribution in [0.5, 0.6) is 0 Å². The third-order valence-electron chi connectivity index (χ3n) is 0.942. The first-order valence-electron chi connectivity index (χ1n) is 3.21. The molecule has 2 aromatic rings. The van der Waals surface area contributed by atoms with Crippen molar-refractivity contribution in [3.8, 4) is 0 Å². The van der Waals surface area contributed by atoms with Gasteiger partial charge in [-0.15, -0.1) is 25.3 Å². The molecule has 0 saturated carbocycles. The number of thiol groups is 2. The summed E-state index contributed by atoms with van der Waals surface area (Å²) < 4.78 is 1.31. The summed E-state index contributed by atoms with van der Waals surface area (Å²) in [5, 5.41) is 5.06. The van der Waals surface area contributed by atoms with Gasteiger partial charge in [-0.25, -0.2) is 0 Å². The van der Waals surface area contributed by atoms with Crippen molar-refractivity contribution in [1.82, 2.24) is 9.97 Å². The van der Waals surface area contributed by atoms with E-state index in [0.29, 0.717) is 8.68 Å². The van der Waals surface area contributed by atoms with Gasteiger partial charge in [-0.2, -0.15) is 0 Å². The van der Waals surface area contributed by atoms with Crippen LogP contribution in [0.1, 0.15) is 0 Å². The zero-order chi connectivity index (χ0) is 10.6. The number of nitrogens with zero attached hydrogens (tertiary/aromatic N) is 2. The molecule has 0 radical (unpaired) electrons. The molecule has 2 aromatic heterocycles. The van der Waals surface area contributed by atoms with Gasteiger partial charge in [0.15, 0.2) is 0 Å². The first-order chi connectivity index (χ1) is 6.58. The smallest absolute Gasteiger partial charge is 0.408 e. The van der Waals surface area contributed by atoms with Crippen molar-refractivity contribution in [2.45, 2.75) is 18.7 Å². The summed E-state index contributed by atoms with van der Waals surface area (Å²) in [5.74, 6) is 0. The zero-order valence-electron chi connectivity index (χ0n) is 7.28. The van der Waals surface area contributed by atoms with E-state index >= 15 is 0 Å². The molecular weight excluding hydrogens is 358 g/mol. The van der Waals surface area contributed by atoms with Crippen molar-refractivity contribution in [3.05, 3.63) is 10.8 Å². The molecule has 0 unspecified atom stereocenters. The van der Waals surface area contributed by atoms with Gasteiger partial charge in [-0.3, -0.25) is 9.97 Å². The summed E-state index contributed by atoms with van der Waals surface area (Å²) >= 11 is 20.1. The second kappa shape index (κ2) is 8.16. The van der Waals surface area contributed by atoms with Crippen LogP contribution in [-0.4, -0.2) is 9.97 Å². The average molecular weight is 362 g/mol. The molecule has 76 valence electrons. The third-order valence-corrected chi connectivity index (χ3v) is 3.78. The maximum Gasteiger partial charge on any atom is 2.00 e. The van der Waals surface area contributed by atoms with Crippen LogP contribution in [0.3, 0.4) is 0 Å². The fourth-order valence-electron chi connectivity index (χ4n) is 0.499. The van der Waals surface area contributed by atoms with Gasteiger partial charge < -0.3 is 47.9 Å². The predicted molar refractivity (Wildman–Crippen MR) is 70.0 cm³/mol. The molecule has 0 aliphatic heterocycles. The van der Waals surface area contributed by atoms with Crippen LogP contribution in [-0.2, 0) is 44.7 Å². The van der Waals surface area contributed by atoms with Crippen LogP contribution in [0.25, 0.3) is 0 Å². The zero-order valence-corrected chi connectivity index (χ0v) is 15.3. The van der Waals surface area contributed by atoms with Crippen molar-refractivity contribution >= 4 is 73.2 Å². The van der Waals surface area contributed by atoms with Gasteiger partial charge in [-0.05, 0) is 8.68 Å². The molecule has 2 nitrogen and oxygen atoms in total. The standard InChI is InChI=1S/2C3H3NS3.Zn/c2*5-2-1-7-3(6)4-2;/h2*1,5H,(H,4,6);/q;;+2/p-2. The van der Waals surface area contributed by atoms with Crippen molar-refractivity contribution in [2.75, 3.05) is 0 Å². The van der Waals surface area contributed by atoms with E-state index < -0.39 is 0 Å². The Morgan fingerprint density at radius 2 is 1.27 bits per heavy atom. The van der Waals surface area contributed by atoms with E-state index in [0.717, 1.165) is 10.1 Å². The van der Waals surface area contributed by atoms with Gasteiger partial charge in [0.05, 0.1) is 10.1 Å². The van der Waals surface area contributed by atoms with E-state index in [-0.39, 0.29) is 19.5 Å². The minimum Gasteiger partial charge on any atom is -0.408 e. The summed E-state index contributed by atoms with van der Waals surface area (Å²) in [6.07, 6.45) is 0. The first-order valence-corrected chi connectivity index (χ1v) is 6.68. The van der Waals surface area contributed by atoms with Gasteiger partial charge >= 0.3 is 19.5 Å². The van der Waals surface area contributed by atoms with Crippen molar-refractivity contribution in [2.24, 2.45) is 0 Å². The Morgan fingerprint density at radius 3 is 1.33 bits per heavy atom. The normalized spacial score (nSPS) is 8.67. The molecule has 0 fully saturated rings. The van der Waals surface area contributed by atoms with Crippen LogP contribution < -0.4 is 0 Å². The topological polar surface area (TPSA) is 25.8 Å². The second-order valence-electron chi connectivity index (χ2n) is 1.94. The Hall–Kier alpha value is 1.02.